The first kappa shape index (κ1) is 17.4. The molecule has 0 spiro atoms. The van der Waals surface area contributed by atoms with Crippen molar-refractivity contribution >= 4 is 17.4 Å². The molecule has 116 valence electrons. The van der Waals surface area contributed by atoms with Gasteiger partial charge in [0, 0.05) is 24.0 Å². The molecule has 5 heteroatoms. The monoisotopic (exact) mass is 299 g/mol. The Hall–Kier alpha value is -2.61. The SMILES string of the molecule is CCCCCN/C=C(/C#N)C(=O)Nc1ccc(C(C)=O)cc1. The summed E-state index contributed by atoms with van der Waals surface area (Å²) in [4.78, 5) is 23.2. The highest BCUT2D eigenvalue weighted by Gasteiger charge is 2.09. The third-order valence-corrected chi connectivity index (χ3v) is 3.09. The number of rotatable bonds is 8. The molecular formula is C17H21N3O2. The van der Waals surface area contributed by atoms with Crippen molar-refractivity contribution in [3.63, 3.8) is 0 Å². The van der Waals surface area contributed by atoms with E-state index in [0.717, 1.165) is 25.8 Å². The van der Waals surface area contributed by atoms with E-state index in [1.165, 1.54) is 13.1 Å². The fourth-order valence-corrected chi connectivity index (χ4v) is 1.79. The van der Waals surface area contributed by atoms with Crippen LogP contribution in [0.15, 0.2) is 36.0 Å². The molecule has 1 aromatic rings. The van der Waals surface area contributed by atoms with Crippen LogP contribution in [0.3, 0.4) is 0 Å². The molecule has 0 fully saturated rings. The van der Waals surface area contributed by atoms with Crippen molar-refractivity contribution in [1.82, 2.24) is 5.32 Å². The standard InChI is InChI=1S/C17H21N3O2/c1-3-4-5-10-19-12-15(11-18)17(22)20-16-8-6-14(7-9-16)13(2)21/h6-9,12,19H,3-5,10H2,1-2H3,(H,20,22)/b15-12-. The van der Waals surface area contributed by atoms with Gasteiger partial charge in [-0.3, -0.25) is 9.59 Å². The fourth-order valence-electron chi connectivity index (χ4n) is 1.79. The molecule has 0 heterocycles. The van der Waals surface area contributed by atoms with Crippen molar-refractivity contribution in [2.75, 3.05) is 11.9 Å². The zero-order chi connectivity index (χ0) is 16.4. The first-order chi connectivity index (χ1) is 10.6. The predicted octanol–water partition coefficient (Wildman–Crippen LogP) is 3.01. The van der Waals surface area contributed by atoms with Crippen LogP contribution < -0.4 is 10.6 Å². The minimum Gasteiger partial charge on any atom is -0.390 e. The number of benzene rings is 1. The van der Waals surface area contributed by atoms with Gasteiger partial charge in [0.2, 0.25) is 0 Å². The molecule has 0 aliphatic heterocycles. The first-order valence-corrected chi connectivity index (χ1v) is 7.34. The van der Waals surface area contributed by atoms with Crippen LogP contribution in [0.1, 0.15) is 43.5 Å². The Bertz CT molecular complexity index is 583. The van der Waals surface area contributed by atoms with E-state index >= 15 is 0 Å². The number of carbonyl (C=O) groups excluding carboxylic acids is 2. The van der Waals surface area contributed by atoms with Gasteiger partial charge in [-0.05, 0) is 37.6 Å². The van der Waals surface area contributed by atoms with E-state index in [4.69, 9.17) is 5.26 Å². The zero-order valence-electron chi connectivity index (χ0n) is 13.0. The summed E-state index contributed by atoms with van der Waals surface area (Å²) >= 11 is 0. The Kier molecular flexibility index (Phi) is 7.41. The minimum atomic E-state index is -0.471. The summed E-state index contributed by atoms with van der Waals surface area (Å²) in [5.41, 5.74) is 1.14. The second-order valence-electron chi connectivity index (χ2n) is 4.92. The van der Waals surface area contributed by atoms with E-state index < -0.39 is 5.91 Å². The molecule has 0 bridgehead atoms. The first-order valence-electron chi connectivity index (χ1n) is 7.34. The van der Waals surface area contributed by atoms with E-state index in [1.807, 2.05) is 6.07 Å². The van der Waals surface area contributed by atoms with Crippen LogP contribution >= 0.6 is 0 Å². The van der Waals surface area contributed by atoms with Gasteiger partial charge in [-0.15, -0.1) is 0 Å². The van der Waals surface area contributed by atoms with E-state index in [9.17, 15) is 9.59 Å². The van der Waals surface area contributed by atoms with E-state index in [2.05, 4.69) is 17.6 Å². The zero-order valence-corrected chi connectivity index (χ0v) is 13.0. The van der Waals surface area contributed by atoms with Crippen molar-refractivity contribution < 1.29 is 9.59 Å². The molecule has 0 saturated heterocycles. The van der Waals surface area contributed by atoms with Gasteiger partial charge in [-0.2, -0.15) is 5.26 Å². The van der Waals surface area contributed by atoms with Crippen molar-refractivity contribution in [2.45, 2.75) is 33.1 Å². The third kappa shape index (κ3) is 5.80. The molecule has 0 aliphatic carbocycles. The van der Waals surface area contributed by atoms with Gasteiger partial charge in [0.25, 0.3) is 5.91 Å². The lowest BCUT2D eigenvalue weighted by atomic mass is 10.1. The topological polar surface area (TPSA) is 82.0 Å². The van der Waals surface area contributed by atoms with Crippen molar-refractivity contribution in [2.24, 2.45) is 0 Å². The molecule has 1 amide bonds. The highest BCUT2D eigenvalue weighted by atomic mass is 16.1. The normalized spacial score (nSPS) is 10.7. The molecular weight excluding hydrogens is 278 g/mol. The Labute approximate surface area is 131 Å². The average molecular weight is 299 g/mol. The summed E-state index contributed by atoms with van der Waals surface area (Å²) in [5, 5.41) is 14.6. The molecule has 0 unspecified atom stereocenters. The number of anilines is 1. The van der Waals surface area contributed by atoms with Gasteiger partial charge in [-0.25, -0.2) is 0 Å². The molecule has 0 saturated carbocycles. The predicted molar refractivity (Wildman–Crippen MR) is 86.3 cm³/mol. The lowest BCUT2D eigenvalue weighted by Crippen LogP contribution is -2.17. The number of Topliss-reactive ketones (excluding diaryl/α,β-unsaturated/α-hetero) is 1. The maximum atomic E-state index is 12.0. The van der Waals surface area contributed by atoms with Crippen molar-refractivity contribution in [3.05, 3.63) is 41.6 Å². The second-order valence-corrected chi connectivity index (χ2v) is 4.92. The third-order valence-electron chi connectivity index (χ3n) is 3.09. The van der Waals surface area contributed by atoms with Gasteiger partial charge in [0.05, 0.1) is 0 Å². The quantitative estimate of drug-likeness (QED) is 0.334. The average Bonchev–Trinajstić information content (AvgIpc) is 2.51. The smallest absolute Gasteiger partial charge is 0.267 e. The number of unbranched alkanes of at least 4 members (excludes halogenated alkanes) is 2. The number of carbonyl (C=O) groups is 2. The number of hydrogen-bond donors (Lipinski definition) is 2. The lowest BCUT2D eigenvalue weighted by Gasteiger charge is -2.05. The lowest BCUT2D eigenvalue weighted by molar-refractivity contribution is -0.112. The summed E-state index contributed by atoms with van der Waals surface area (Å²) < 4.78 is 0. The highest BCUT2D eigenvalue weighted by molar-refractivity contribution is 6.06. The molecule has 1 aromatic carbocycles. The van der Waals surface area contributed by atoms with Gasteiger partial charge in [0.15, 0.2) is 5.78 Å². The van der Waals surface area contributed by atoms with E-state index in [-0.39, 0.29) is 11.4 Å². The molecule has 0 aromatic heterocycles. The van der Waals surface area contributed by atoms with Crippen molar-refractivity contribution in [1.29, 1.82) is 5.26 Å². The molecule has 0 atom stereocenters. The summed E-state index contributed by atoms with van der Waals surface area (Å²) in [7, 11) is 0. The molecule has 0 radical (unpaired) electrons. The number of nitrogens with one attached hydrogen (secondary N) is 2. The summed E-state index contributed by atoms with van der Waals surface area (Å²) in [5.74, 6) is -0.507. The minimum absolute atomic E-state index is 0.0205. The maximum Gasteiger partial charge on any atom is 0.267 e. The summed E-state index contributed by atoms with van der Waals surface area (Å²) in [6.45, 7) is 4.33. The second kappa shape index (κ2) is 9.35. The van der Waals surface area contributed by atoms with Crippen LogP contribution in [-0.2, 0) is 4.79 Å². The van der Waals surface area contributed by atoms with Crippen LogP contribution in [0.25, 0.3) is 0 Å². The Morgan fingerprint density at radius 1 is 1.23 bits per heavy atom. The van der Waals surface area contributed by atoms with Gasteiger partial charge >= 0.3 is 0 Å². The van der Waals surface area contributed by atoms with Crippen LogP contribution in [0, 0.1) is 11.3 Å². The molecule has 1 rings (SSSR count). The number of nitriles is 1. The van der Waals surface area contributed by atoms with Gasteiger partial charge in [-0.1, -0.05) is 19.8 Å². The van der Waals surface area contributed by atoms with Crippen LogP contribution in [-0.4, -0.2) is 18.2 Å². The Morgan fingerprint density at radius 3 is 2.45 bits per heavy atom. The number of hydrogen-bond acceptors (Lipinski definition) is 4. The van der Waals surface area contributed by atoms with Gasteiger partial charge < -0.3 is 10.6 Å². The largest absolute Gasteiger partial charge is 0.390 e. The Balaban J connectivity index is 2.59. The molecule has 22 heavy (non-hydrogen) atoms. The Morgan fingerprint density at radius 2 is 1.91 bits per heavy atom. The summed E-state index contributed by atoms with van der Waals surface area (Å²) in [6.07, 6.45) is 4.67. The van der Waals surface area contributed by atoms with Crippen LogP contribution in [0.4, 0.5) is 5.69 Å². The number of amides is 1. The number of nitrogens with zero attached hydrogens (tertiary/aromatic N) is 1. The van der Waals surface area contributed by atoms with Gasteiger partial charge in [0.1, 0.15) is 11.6 Å². The number of ketones is 1. The fraction of sp³-hybridized carbons (Fsp3) is 0.353. The van der Waals surface area contributed by atoms with E-state index in [1.54, 1.807) is 24.3 Å². The van der Waals surface area contributed by atoms with E-state index in [0.29, 0.717) is 11.3 Å². The van der Waals surface area contributed by atoms with Crippen LogP contribution in [0.5, 0.6) is 0 Å². The molecule has 0 aliphatic rings. The maximum absolute atomic E-state index is 12.0. The molecule has 2 N–H and O–H groups in total. The highest BCUT2D eigenvalue weighted by Crippen LogP contribution is 2.11. The van der Waals surface area contributed by atoms with Crippen molar-refractivity contribution in [3.8, 4) is 6.07 Å². The summed E-state index contributed by atoms with van der Waals surface area (Å²) in [6, 6.07) is 8.42. The van der Waals surface area contributed by atoms with Crippen LogP contribution in [0.2, 0.25) is 0 Å². The molecule has 5 nitrogen and oxygen atoms in total.